The Labute approximate surface area is 167 Å². The summed E-state index contributed by atoms with van der Waals surface area (Å²) in [6.45, 7) is 0.790. The molecule has 148 valence electrons. The Morgan fingerprint density at radius 3 is 2.57 bits per heavy atom. The van der Waals surface area contributed by atoms with Gasteiger partial charge in [0.05, 0.1) is 26.3 Å². The Bertz CT molecular complexity index is 878. The van der Waals surface area contributed by atoms with Gasteiger partial charge in [-0.15, -0.1) is 11.3 Å². The molecule has 28 heavy (non-hydrogen) atoms. The topological polar surface area (TPSA) is 84.9 Å². The minimum Gasteiger partial charge on any atom is -0.465 e. The monoisotopic (exact) mass is 402 g/mol. The van der Waals surface area contributed by atoms with Crippen molar-refractivity contribution < 1.29 is 23.9 Å². The van der Waals surface area contributed by atoms with Crippen LogP contribution >= 0.6 is 11.3 Å². The first-order chi connectivity index (χ1) is 13.5. The number of nitrogens with one attached hydrogen (secondary N) is 1. The Morgan fingerprint density at radius 1 is 1.14 bits per heavy atom. The van der Waals surface area contributed by atoms with Crippen LogP contribution in [0.15, 0.2) is 30.3 Å². The second-order valence-electron chi connectivity index (χ2n) is 6.37. The van der Waals surface area contributed by atoms with Crippen LogP contribution in [0.1, 0.15) is 32.8 Å². The van der Waals surface area contributed by atoms with E-state index in [1.54, 1.807) is 4.90 Å². The van der Waals surface area contributed by atoms with Gasteiger partial charge in [-0.2, -0.15) is 0 Å². The normalized spacial score (nSPS) is 12.9. The van der Waals surface area contributed by atoms with E-state index in [1.165, 1.54) is 25.6 Å². The van der Waals surface area contributed by atoms with Crippen molar-refractivity contribution in [2.24, 2.45) is 0 Å². The van der Waals surface area contributed by atoms with E-state index in [1.807, 2.05) is 30.3 Å². The number of ether oxygens (including phenoxy) is 2. The number of rotatable bonds is 5. The molecule has 0 spiro atoms. The predicted octanol–water partition coefficient (Wildman–Crippen LogP) is 3.23. The molecule has 0 bridgehead atoms. The van der Waals surface area contributed by atoms with Crippen LogP contribution in [-0.2, 0) is 33.7 Å². The van der Waals surface area contributed by atoms with Crippen molar-refractivity contribution in [1.29, 1.82) is 0 Å². The Morgan fingerprint density at radius 2 is 1.89 bits per heavy atom. The van der Waals surface area contributed by atoms with Crippen molar-refractivity contribution in [3.63, 3.8) is 0 Å². The number of carbonyl (C=O) groups excluding carboxylic acids is 3. The van der Waals surface area contributed by atoms with Crippen LogP contribution in [-0.4, -0.2) is 43.6 Å². The van der Waals surface area contributed by atoms with Crippen LogP contribution in [0.3, 0.4) is 0 Å². The molecule has 0 aliphatic carbocycles. The number of methoxy groups -OCH3 is 2. The smallest absolute Gasteiger partial charge is 0.409 e. The van der Waals surface area contributed by atoms with E-state index in [2.05, 4.69) is 5.32 Å². The molecule has 7 nitrogen and oxygen atoms in total. The second-order valence-corrected chi connectivity index (χ2v) is 7.48. The number of nitrogens with zero attached hydrogens (tertiary/aromatic N) is 1. The summed E-state index contributed by atoms with van der Waals surface area (Å²) in [6, 6.07) is 9.74. The second kappa shape index (κ2) is 8.88. The third-order valence-electron chi connectivity index (χ3n) is 4.62. The number of hydrogen-bond acceptors (Lipinski definition) is 6. The summed E-state index contributed by atoms with van der Waals surface area (Å²) >= 11 is 1.31. The molecule has 0 saturated carbocycles. The van der Waals surface area contributed by atoms with Gasteiger partial charge in [0.2, 0.25) is 5.91 Å². The summed E-state index contributed by atoms with van der Waals surface area (Å²) in [5, 5.41) is 3.33. The molecule has 1 aliphatic heterocycles. The summed E-state index contributed by atoms with van der Waals surface area (Å²) in [5.41, 5.74) is 2.29. The van der Waals surface area contributed by atoms with Crippen LogP contribution in [0.25, 0.3) is 0 Å². The summed E-state index contributed by atoms with van der Waals surface area (Å²) in [5.74, 6) is -0.653. The van der Waals surface area contributed by atoms with Crippen LogP contribution in [0.5, 0.6) is 0 Å². The fourth-order valence-electron chi connectivity index (χ4n) is 3.19. The van der Waals surface area contributed by atoms with Crippen LogP contribution in [0, 0.1) is 0 Å². The number of amides is 2. The van der Waals surface area contributed by atoms with Crippen LogP contribution in [0.4, 0.5) is 9.80 Å². The number of carbonyl (C=O) groups is 3. The number of anilines is 1. The molecule has 8 heteroatoms. The SMILES string of the molecule is COC(=O)c1c(NC(=O)CCc2ccccc2)sc2c1CCN(C(=O)OC)C2. The number of benzene rings is 1. The number of thiophene rings is 1. The van der Waals surface area contributed by atoms with Crippen molar-refractivity contribution in [3.8, 4) is 0 Å². The lowest BCUT2D eigenvalue weighted by Crippen LogP contribution is -2.35. The minimum atomic E-state index is -0.484. The molecule has 1 aliphatic rings. The molecule has 0 atom stereocenters. The molecule has 3 rings (SSSR count). The van der Waals surface area contributed by atoms with Gasteiger partial charge in [0.15, 0.2) is 0 Å². The largest absolute Gasteiger partial charge is 0.465 e. The molecule has 2 amide bonds. The fourth-order valence-corrected chi connectivity index (χ4v) is 4.45. The van der Waals surface area contributed by atoms with E-state index >= 15 is 0 Å². The standard InChI is InChI=1S/C20H22N2O5S/c1-26-19(24)17-14-10-11-22(20(25)27-2)12-15(14)28-18(17)21-16(23)9-8-13-6-4-3-5-7-13/h3-7H,8-12H2,1-2H3,(H,21,23). The number of esters is 1. The van der Waals surface area contributed by atoms with Gasteiger partial charge < -0.3 is 19.7 Å². The van der Waals surface area contributed by atoms with Crippen molar-refractivity contribution in [1.82, 2.24) is 4.90 Å². The fraction of sp³-hybridized carbons (Fsp3) is 0.350. The zero-order valence-corrected chi connectivity index (χ0v) is 16.6. The maximum Gasteiger partial charge on any atom is 0.409 e. The molecule has 2 aromatic rings. The Kier molecular flexibility index (Phi) is 6.30. The first-order valence-corrected chi connectivity index (χ1v) is 9.74. The lowest BCUT2D eigenvalue weighted by atomic mass is 10.0. The average Bonchev–Trinajstić information content (AvgIpc) is 3.08. The lowest BCUT2D eigenvalue weighted by molar-refractivity contribution is -0.116. The zero-order valence-electron chi connectivity index (χ0n) is 15.8. The van der Waals surface area contributed by atoms with Gasteiger partial charge in [-0.3, -0.25) is 4.79 Å². The molecule has 0 saturated heterocycles. The summed E-state index contributed by atoms with van der Waals surface area (Å²) in [4.78, 5) is 39.0. The highest BCUT2D eigenvalue weighted by Gasteiger charge is 2.31. The van der Waals surface area contributed by atoms with Gasteiger partial charge in [-0.1, -0.05) is 30.3 Å². The van der Waals surface area contributed by atoms with Gasteiger partial charge >= 0.3 is 12.1 Å². The Balaban J connectivity index is 1.76. The average molecular weight is 402 g/mol. The van der Waals surface area contributed by atoms with Crippen molar-refractivity contribution in [2.75, 3.05) is 26.1 Å². The van der Waals surface area contributed by atoms with Gasteiger partial charge in [-0.25, -0.2) is 9.59 Å². The van der Waals surface area contributed by atoms with Crippen molar-refractivity contribution in [3.05, 3.63) is 51.9 Å². The highest BCUT2D eigenvalue weighted by Crippen LogP contribution is 2.37. The predicted molar refractivity (Wildman–Crippen MR) is 106 cm³/mol. The molecule has 2 heterocycles. The van der Waals surface area contributed by atoms with E-state index in [-0.39, 0.29) is 5.91 Å². The van der Waals surface area contributed by atoms with E-state index < -0.39 is 12.1 Å². The van der Waals surface area contributed by atoms with Crippen LogP contribution in [0.2, 0.25) is 0 Å². The Hall–Kier alpha value is -2.87. The third-order valence-corrected chi connectivity index (χ3v) is 5.75. The highest BCUT2D eigenvalue weighted by molar-refractivity contribution is 7.17. The van der Waals surface area contributed by atoms with E-state index in [9.17, 15) is 14.4 Å². The van der Waals surface area contributed by atoms with E-state index in [0.29, 0.717) is 42.9 Å². The van der Waals surface area contributed by atoms with Gasteiger partial charge in [0, 0.05) is 17.8 Å². The number of fused-ring (bicyclic) bond motifs is 1. The lowest BCUT2D eigenvalue weighted by Gasteiger charge is -2.25. The summed E-state index contributed by atoms with van der Waals surface area (Å²) < 4.78 is 9.70. The third kappa shape index (κ3) is 4.33. The first kappa shape index (κ1) is 19.9. The quantitative estimate of drug-likeness (QED) is 0.776. The minimum absolute atomic E-state index is 0.169. The molecule has 1 N–H and O–H groups in total. The van der Waals surface area contributed by atoms with Gasteiger partial charge in [0.1, 0.15) is 5.00 Å². The summed E-state index contributed by atoms with van der Waals surface area (Å²) in [6.07, 6.45) is 1.01. The van der Waals surface area contributed by atoms with E-state index in [0.717, 1.165) is 16.0 Å². The van der Waals surface area contributed by atoms with Crippen molar-refractivity contribution >= 4 is 34.3 Å². The highest BCUT2D eigenvalue weighted by atomic mass is 32.1. The molecule has 0 unspecified atom stereocenters. The summed E-state index contributed by atoms with van der Waals surface area (Å²) in [7, 11) is 2.65. The number of hydrogen-bond donors (Lipinski definition) is 1. The molecule has 1 aromatic heterocycles. The van der Waals surface area contributed by atoms with Gasteiger partial charge in [-0.05, 0) is 24.0 Å². The molecular formula is C20H22N2O5S. The van der Waals surface area contributed by atoms with Crippen LogP contribution < -0.4 is 5.32 Å². The van der Waals surface area contributed by atoms with E-state index in [4.69, 9.17) is 9.47 Å². The number of aryl methyl sites for hydroxylation is 1. The zero-order chi connectivity index (χ0) is 20.1. The molecular weight excluding hydrogens is 380 g/mol. The molecule has 1 aromatic carbocycles. The maximum absolute atomic E-state index is 12.4. The van der Waals surface area contributed by atoms with Crippen molar-refractivity contribution in [2.45, 2.75) is 25.8 Å². The first-order valence-electron chi connectivity index (χ1n) is 8.93. The maximum atomic E-state index is 12.4. The van der Waals surface area contributed by atoms with Gasteiger partial charge in [0.25, 0.3) is 0 Å². The molecule has 0 radical (unpaired) electrons. The molecule has 0 fully saturated rings.